The van der Waals surface area contributed by atoms with Gasteiger partial charge in [0, 0.05) is 13.1 Å². The molecule has 0 bridgehead atoms. The highest BCUT2D eigenvalue weighted by molar-refractivity contribution is 4.74. The van der Waals surface area contributed by atoms with Crippen LogP contribution >= 0.6 is 0 Å². The average molecular weight is 198 g/mol. The third kappa shape index (κ3) is 2.47. The molecule has 2 heterocycles. The Balaban J connectivity index is 1.82. The summed E-state index contributed by atoms with van der Waals surface area (Å²) in [6.45, 7) is 8.97. The summed E-state index contributed by atoms with van der Waals surface area (Å²) in [4.78, 5) is 5.17. The Hall–Kier alpha value is -0.120. The molecule has 0 amide bonds. The zero-order valence-electron chi connectivity index (χ0n) is 9.24. The molecule has 2 aliphatic heterocycles. The number of nitrogens with zero attached hydrogens (tertiary/aromatic N) is 2. The predicted molar refractivity (Wildman–Crippen MR) is 57.3 cm³/mol. The first-order valence-corrected chi connectivity index (χ1v) is 5.94. The lowest BCUT2D eigenvalue weighted by Crippen LogP contribution is -2.52. The van der Waals surface area contributed by atoms with Crippen molar-refractivity contribution in [3.63, 3.8) is 0 Å². The van der Waals surface area contributed by atoms with E-state index in [-0.39, 0.29) is 0 Å². The van der Waals surface area contributed by atoms with Gasteiger partial charge in [-0.1, -0.05) is 6.42 Å². The van der Waals surface area contributed by atoms with Gasteiger partial charge in [-0.2, -0.15) is 0 Å². The van der Waals surface area contributed by atoms with Gasteiger partial charge in [0.1, 0.15) is 0 Å². The molecule has 1 atom stereocenters. The van der Waals surface area contributed by atoms with Crippen molar-refractivity contribution in [3.05, 3.63) is 0 Å². The molecule has 0 saturated carbocycles. The van der Waals surface area contributed by atoms with Gasteiger partial charge in [-0.3, -0.25) is 9.80 Å². The van der Waals surface area contributed by atoms with E-state index in [4.69, 9.17) is 4.74 Å². The third-order valence-electron chi connectivity index (χ3n) is 3.49. The first-order chi connectivity index (χ1) is 6.88. The minimum atomic E-state index is 0.624. The molecular weight excluding hydrogens is 176 g/mol. The van der Waals surface area contributed by atoms with Crippen molar-refractivity contribution in [1.29, 1.82) is 0 Å². The van der Waals surface area contributed by atoms with Crippen LogP contribution in [0, 0.1) is 0 Å². The smallest absolute Gasteiger partial charge is 0.0595 e. The van der Waals surface area contributed by atoms with Gasteiger partial charge in [0.15, 0.2) is 0 Å². The number of morpholine rings is 1. The van der Waals surface area contributed by atoms with E-state index in [0.717, 1.165) is 26.3 Å². The van der Waals surface area contributed by atoms with Crippen LogP contribution in [0.5, 0.6) is 0 Å². The summed E-state index contributed by atoms with van der Waals surface area (Å²) in [6.07, 6.45) is 4.81. The van der Waals surface area contributed by atoms with E-state index in [1.54, 1.807) is 0 Å². The van der Waals surface area contributed by atoms with Crippen molar-refractivity contribution in [2.45, 2.75) is 32.4 Å². The lowest BCUT2D eigenvalue weighted by Gasteiger charge is -2.41. The number of ether oxygens (including phenoxy) is 1. The molecule has 3 nitrogen and oxygen atoms in total. The van der Waals surface area contributed by atoms with E-state index >= 15 is 0 Å². The number of hydrogen-bond acceptors (Lipinski definition) is 3. The Kier molecular flexibility index (Phi) is 3.79. The van der Waals surface area contributed by atoms with Gasteiger partial charge >= 0.3 is 0 Å². The van der Waals surface area contributed by atoms with E-state index < -0.39 is 0 Å². The summed E-state index contributed by atoms with van der Waals surface area (Å²) in [5.74, 6) is 0. The Morgan fingerprint density at radius 2 is 1.43 bits per heavy atom. The van der Waals surface area contributed by atoms with Crippen LogP contribution in [0.25, 0.3) is 0 Å². The second-order valence-electron chi connectivity index (χ2n) is 4.38. The van der Waals surface area contributed by atoms with E-state index in [1.165, 1.54) is 32.4 Å². The summed E-state index contributed by atoms with van der Waals surface area (Å²) >= 11 is 0. The van der Waals surface area contributed by atoms with Crippen LogP contribution in [0.3, 0.4) is 0 Å². The fourth-order valence-corrected chi connectivity index (χ4v) is 2.47. The van der Waals surface area contributed by atoms with E-state index in [2.05, 4.69) is 16.7 Å². The standard InChI is InChI=1S/C11H22N2O/c1-11(12-5-3-2-4-6-12)13-7-9-14-10-8-13/h11H,2-10H2,1H3. The Morgan fingerprint density at radius 1 is 0.857 bits per heavy atom. The van der Waals surface area contributed by atoms with Crippen molar-refractivity contribution in [2.75, 3.05) is 39.4 Å². The van der Waals surface area contributed by atoms with E-state index in [9.17, 15) is 0 Å². The predicted octanol–water partition coefficient (Wildman–Crippen LogP) is 1.15. The van der Waals surface area contributed by atoms with E-state index in [1.807, 2.05) is 0 Å². The molecule has 14 heavy (non-hydrogen) atoms. The quantitative estimate of drug-likeness (QED) is 0.662. The second-order valence-corrected chi connectivity index (χ2v) is 4.38. The van der Waals surface area contributed by atoms with Crippen LogP contribution in [0.2, 0.25) is 0 Å². The molecule has 0 spiro atoms. The highest BCUT2D eigenvalue weighted by Crippen LogP contribution is 2.15. The lowest BCUT2D eigenvalue weighted by atomic mass is 10.1. The summed E-state index contributed by atoms with van der Waals surface area (Å²) in [5.41, 5.74) is 0. The molecule has 2 rings (SSSR count). The molecular formula is C11H22N2O. The number of hydrogen-bond donors (Lipinski definition) is 0. The third-order valence-corrected chi connectivity index (χ3v) is 3.49. The van der Waals surface area contributed by atoms with Crippen molar-refractivity contribution in [2.24, 2.45) is 0 Å². The molecule has 2 saturated heterocycles. The molecule has 0 aromatic carbocycles. The summed E-state index contributed by atoms with van der Waals surface area (Å²) in [7, 11) is 0. The molecule has 82 valence electrons. The molecule has 2 fully saturated rings. The highest BCUT2D eigenvalue weighted by atomic mass is 16.5. The average Bonchev–Trinajstić information content (AvgIpc) is 2.30. The molecule has 0 aromatic rings. The first kappa shape index (κ1) is 10.4. The van der Waals surface area contributed by atoms with Crippen molar-refractivity contribution >= 4 is 0 Å². The Morgan fingerprint density at radius 3 is 2.07 bits per heavy atom. The van der Waals surface area contributed by atoms with Gasteiger partial charge < -0.3 is 4.74 Å². The normalized spacial score (nSPS) is 28.9. The molecule has 3 heteroatoms. The fourth-order valence-electron chi connectivity index (χ4n) is 2.47. The maximum absolute atomic E-state index is 5.38. The molecule has 1 unspecified atom stereocenters. The van der Waals surface area contributed by atoms with Crippen LogP contribution in [-0.2, 0) is 4.74 Å². The molecule has 2 aliphatic rings. The summed E-state index contributed by atoms with van der Waals surface area (Å²) in [6, 6.07) is 0. The second kappa shape index (κ2) is 5.10. The zero-order valence-corrected chi connectivity index (χ0v) is 9.24. The van der Waals surface area contributed by atoms with Crippen molar-refractivity contribution in [3.8, 4) is 0 Å². The SMILES string of the molecule is CC(N1CCCCC1)N1CCOCC1. The molecule has 0 aliphatic carbocycles. The summed E-state index contributed by atoms with van der Waals surface area (Å²) in [5, 5.41) is 0. The highest BCUT2D eigenvalue weighted by Gasteiger charge is 2.23. The lowest BCUT2D eigenvalue weighted by molar-refractivity contribution is -0.0314. The van der Waals surface area contributed by atoms with Crippen LogP contribution in [0.4, 0.5) is 0 Å². The van der Waals surface area contributed by atoms with Crippen LogP contribution < -0.4 is 0 Å². The van der Waals surface area contributed by atoms with Crippen LogP contribution in [0.15, 0.2) is 0 Å². The van der Waals surface area contributed by atoms with Gasteiger partial charge in [0.25, 0.3) is 0 Å². The van der Waals surface area contributed by atoms with Crippen molar-refractivity contribution < 1.29 is 4.74 Å². The van der Waals surface area contributed by atoms with Gasteiger partial charge in [0.2, 0.25) is 0 Å². The largest absolute Gasteiger partial charge is 0.379 e. The zero-order chi connectivity index (χ0) is 9.80. The maximum Gasteiger partial charge on any atom is 0.0595 e. The van der Waals surface area contributed by atoms with Gasteiger partial charge in [-0.25, -0.2) is 0 Å². The monoisotopic (exact) mass is 198 g/mol. The van der Waals surface area contributed by atoms with Gasteiger partial charge in [-0.15, -0.1) is 0 Å². The van der Waals surface area contributed by atoms with Gasteiger partial charge in [0.05, 0.1) is 19.4 Å². The number of likely N-dealkylation sites (tertiary alicyclic amines) is 1. The van der Waals surface area contributed by atoms with E-state index in [0.29, 0.717) is 6.17 Å². The number of piperidine rings is 1. The maximum atomic E-state index is 5.38. The Labute approximate surface area is 87.0 Å². The first-order valence-electron chi connectivity index (χ1n) is 5.94. The molecule has 0 aromatic heterocycles. The Bertz CT molecular complexity index is 145. The number of rotatable bonds is 2. The molecule has 0 radical (unpaired) electrons. The van der Waals surface area contributed by atoms with Gasteiger partial charge in [-0.05, 0) is 32.9 Å². The molecule has 0 N–H and O–H groups in total. The minimum absolute atomic E-state index is 0.624. The van der Waals surface area contributed by atoms with Crippen LogP contribution in [0.1, 0.15) is 26.2 Å². The van der Waals surface area contributed by atoms with Crippen molar-refractivity contribution in [1.82, 2.24) is 9.80 Å². The fraction of sp³-hybridized carbons (Fsp3) is 1.00. The van der Waals surface area contributed by atoms with Crippen LogP contribution in [-0.4, -0.2) is 55.4 Å². The minimum Gasteiger partial charge on any atom is -0.379 e. The topological polar surface area (TPSA) is 15.7 Å². The summed E-state index contributed by atoms with van der Waals surface area (Å²) < 4.78 is 5.38.